The first-order valence-electron chi connectivity index (χ1n) is 7.15. The maximum atomic E-state index is 12.3. The van der Waals surface area contributed by atoms with Gasteiger partial charge in [-0.15, -0.1) is 0 Å². The zero-order chi connectivity index (χ0) is 16.7. The highest BCUT2D eigenvalue weighted by molar-refractivity contribution is 6.06. The third kappa shape index (κ3) is 2.48. The van der Waals surface area contributed by atoms with E-state index in [2.05, 4.69) is 5.32 Å². The van der Waals surface area contributed by atoms with E-state index < -0.39 is 5.91 Å². The number of hydrogen-bond donors (Lipinski definition) is 2. The quantitative estimate of drug-likeness (QED) is 0.761. The predicted octanol–water partition coefficient (Wildman–Crippen LogP) is 2.14. The van der Waals surface area contributed by atoms with Crippen LogP contribution in [0.2, 0.25) is 0 Å². The van der Waals surface area contributed by atoms with E-state index in [-0.39, 0.29) is 17.0 Å². The SMILES string of the molecule is Cc1ccc(C(=O)Nc2ccc3c(c2)n(C)c(=O)n3C)c(O)c1. The number of anilines is 1. The standard InChI is InChI=1S/C17H17N3O3/c1-10-4-6-12(15(21)8-10)16(22)18-11-5-7-13-14(9-11)20(3)17(23)19(13)2/h4-9,21H,1-3H3,(H,18,22). The number of aromatic nitrogens is 2. The van der Waals surface area contributed by atoms with Crippen LogP contribution >= 0.6 is 0 Å². The van der Waals surface area contributed by atoms with Gasteiger partial charge in [0.25, 0.3) is 5.91 Å². The lowest BCUT2D eigenvalue weighted by Crippen LogP contribution is -2.19. The van der Waals surface area contributed by atoms with E-state index in [1.807, 2.05) is 6.92 Å². The maximum Gasteiger partial charge on any atom is 0.328 e. The van der Waals surface area contributed by atoms with Crippen LogP contribution in [0.4, 0.5) is 5.69 Å². The van der Waals surface area contributed by atoms with Crippen LogP contribution in [-0.2, 0) is 14.1 Å². The minimum atomic E-state index is -0.400. The minimum Gasteiger partial charge on any atom is -0.507 e. The van der Waals surface area contributed by atoms with E-state index in [0.717, 1.165) is 16.6 Å². The molecule has 1 heterocycles. The zero-order valence-corrected chi connectivity index (χ0v) is 13.1. The van der Waals surface area contributed by atoms with Crippen molar-refractivity contribution in [2.24, 2.45) is 14.1 Å². The van der Waals surface area contributed by atoms with Gasteiger partial charge in [0.2, 0.25) is 0 Å². The third-order valence-electron chi connectivity index (χ3n) is 3.93. The highest BCUT2D eigenvalue weighted by Crippen LogP contribution is 2.22. The molecule has 2 aromatic carbocycles. The van der Waals surface area contributed by atoms with E-state index >= 15 is 0 Å². The number of benzene rings is 2. The summed E-state index contributed by atoms with van der Waals surface area (Å²) in [6.07, 6.45) is 0. The summed E-state index contributed by atoms with van der Waals surface area (Å²) in [6, 6.07) is 10.1. The number of aryl methyl sites for hydroxylation is 3. The molecule has 0 spiro atoms. The number of amides is 1. The van der Waals surface area contributed by atoms with Crippen LogP contribution in [0.25, 0.3) is 11.0 Å². The van der Waals surface area contributed by atoms with E-state index in [4.69, 9.17) is 0 Å². The summed E-state index contributed by atoms with van der Waals surface area (Å²) in [6.45, 7) is 1.84. The van der Waals surface area contributed by atoms with Crippen LogP contribution in [-0.4, -0.2) is 20.1 Å². The van der Waals surface area contributed by atoms with Crippen molar-refractivity contribution in [3.8, 4) is 5.75 Å². The summed E-state index contributed by atoms with van der Waals surface area (Å²) >= 11 is 0. The molecule has 6 nitrogen and oxygen atoms in total. The number of carbonyl (C=O) groups is 1. The number of aromatic hydroxyl groups is 1. The number of nitrogens with zero attached hydrogens (tertiary/aromatic N) is 2. The summed E-state index contributed by atoms with van der Waals surface area (Å²) in [5, 5.41) is 12.6. The molecule has 23 heavy (non-hydrogen) atoms. The number of phenols is 1. The van der Waals surface area contributed by atoms with Gasteiger partial charge in [-0.25, -0.2) is 4.79 Å². The van der Waals surface area contributed by atoms with Gasteiger partial charge in [-0.3, -0.25) is 13.9 Å². The maximum absolute atomic E-state index is 12.3. The molecule has 1 aromatic heterocycles. The first kappa shape index (κ1) is 14.9. The Labute approximate surface area is 132 Å². The predicted molar refractivity (Wildman–Crippen MR) is 89.0 cm³/mol. The van der Waals surface area contributed by atoms with Gasteiger partial charge in [0.15, 0.2) is 0 Å². The van der Waals surface area contributed by atoms with Gasteiger partial charge in [-0.2, -0.15) is 0 Å². The highest BCUT2D eigenvalue weighted by atomic mass is 16.3. The molecule has 0 saturated carbocycles. The minimum absolute atomic E-state index is 0.0595. The molecule has 1 amide bonds. The van der Waals surface area contributed by atoms with E-state index in [9.17, 15) is 14.7 Å². The van der Waals surface area contributed by atoms with Gasteiger partial charge in [0.1, 0.15) is 5.75 Å². The number of rotatable bonds is 2. The lowest BCUT2D eigenvalue weighted by Gasteiger charge is -2.08. The van der Waals surface area contributed by atoms with Gasteiger partial charge in [-0.1, -0.05) is 6.07 Å². The van der Waals surface area contributed by atoms with Crippen LogP contribution in [0.5, 0.6) is 5.75 Å². The molecular formula is C17H17N3O3. The van der Waals surface area contributed by atoms with Crippen LogP contribution < -0.4 is 11.0 Å². The van der Waals surface area contributed by atoms with Crippen LogP contribution in [0.15, 0.2) is 41.2 Å². The molecule has 0 unspecified atom stereocenters. The van der Waals surface area contributed by atoms with Crippen molar-refractivity contribution in [2.75, 3.05) is 5.32 Å². The molecule has 3 rings (SSSR count). The molecule has 0 bridgehead atoms. The molecule has 0 aliphatic heterocycles. The van der Waals surface area contributed by atoms with E-state index in [1.54, 1.807) is 55.1 Å². The summed E-state index contributed by atoms with van der Waals surface area (Å²) in [5.41, 5.74) is 3.03. The highest BCUT2D eigenvalue weighted by Gasteiger charge is 2.13. The number of hydrogen-bond acceptors (Lipinski definition) is 3. The van der Waals surface area contributed by atoms with Crippen LogP contribution in [0.1, 0.15) is 15.9 Å². The summed E-state index contributed by atoms with van der Waals surface area (Å²) in [7, 11) is 3.38. The molecule has 0 saturated heterocycles. The summed E-state index contributed by atoms with van der Waals surface area (Å²) in [5.74, 6) is -0.460. The smallest absolute Gasteiger partial charge is 0.328 e. The number of phenolic OH excluding ortho intramolecular Hbond substituents is 1. The molecule has 3 aromatic rings. The van der Waals surface area contributed by atoms with Crippen molar-refractivity contribution in [3.05, 3.63) is 58.0 Å². The Morgan fingerprint density at radius 3 is 2.43 bits per heavy atom. The zero-order valence-electron chi connectivity index (χ0n) is 13.1. The second-order valence-electron chi connectivity index (χ2n) is 5.58. The molecule has 2 N–H and O–H groups in total. The molecule has 118 valence electrons. The Morgan fingerprint density at radius 1 is 1.04 bits per heavy atom. The molecule has 0 atom stereocenters. The Balaban J connectivity index is 1.97. The van der Waals surface area contributed by atoms with Crippen molar-refractivity contribution < 1.29 is 9.90 Å². The number of carbonyl (C=O) groups excluding carboxylic acids is 1. The molecule has 0 aliphatic rings. The van der Waals surface area contributed by atoms with Crippen molar-refractivity contribution >= 4 is 22.6 Å². The molecule has 6 heteroatoms. The fourth-order valence-electron chi connectivity index (χ4n) is 2.62. The number of imidazole rings is 1. The Hall–Kier alpha value is -3.02. The van der Waals surface area contributed by atoms with Gasteiger partial charge in [-0.05, 0) is 42.8 Å². The average molecular weight is 311 g/mol. The first-order chi connectivity index (χ1) is 10.9. The van der Waals surface area contributed by atoms with E-state index in [1.165, 1.54) is 4.57 Å². The van der Waals surface area contributed by atoms with Crippen LogP contribution in [0.3, 0.4) is 0 Å². The fourth-order valence-corrected chi connectivity index (χ4v) is 2.62. The van der Waals surface area contributed by atoms with Gasteiger partial charge in [0, 0.05) is 19.8 Å². The van der Waals surface area contributed by atoms with Crippen molar-refractivity contribution in [1.82, 2.24) is 9.13 Å². The fraction of sp³-hybridized carbons (Fsp3) is 0.176. The first-order valence-corrected chi connectivity index (χ1v) is 7.15. The Morgan fingerprint density at radius 2 is 1.74 bits per heavy atom. The molecular weight excluding hydrogens is 294 g/mol. The Kier molecular flexibility index (Phi) is 3.44. The Bertz CT molecular complexity index is 983. The lowest BCUT2D eigenvalue weighted by atomic mass is 10.1. The van der Waals surface area contributed by atoms with Gasteiger partial charge in [0.05, 0.1) is 16.6 Å². The van der Waals surface area contributed by atoms with Gasteiger partial charge >= 0.3 is 5.69 Å². The van der Waals surface area contributed by atoms with Crippen molar-refractivity contribution in [1.29, 1.82) is 0 Å². The van der Waals surface area contributed by atoms with Crippen molar-refractivity contribution in [3.63, 3.8) is 0 Å². The lowest BCUT2D eigenvalue weighted by molar-refractivity contribution is 0.102. The summed E-state index contributed by atoms with van der Waals surface area (Å²) < 4.78 is 3.07. The number of fused-ring (bicyclic) bond motifs is 1. The second kappa shape index (κ2) is 5.31. The summed E-state index contributed by atoms with van der Waals surface area (Å²) in [4.78, 5) is 24.2. The molecule has 0 fully saturated rings. The average Bonchev–Trinajstić information content (AvgIpc) is 2.72. The van der Waals surface area contributed by atoms with Gasteiger partial charge < -0.3 is 10.4 Å². The largest absolute Gasteiger partial charge is 0.507 e. The normalized spacial score (nSPS) is 10.9. The van der Waals surface area contributed by atoms with Crippen molar-refractivity contribution in [2.45, 2.75) is 6.92 Å². The third-order valence-corrected chi connectivity index (χ3v) is 3.93. The second-order valence-corrected chi connectivity index (χ2v) is 5.58. The van der Waals surface area contributed by atoms with E-state index in [0.29, 0.717) is 5.69 Å². The number of nitrogens with one attached hydrogen (secondary N) is 1. The monoisotopic (exact) mass is 311 g/mol. The molecule has 0 radical (unpaired) electrons. The topological polar surface area (TPSA) is 76.3 Å². The van der Waals surface area contributed by atoms with Crippen LogP contribution in [0, 0.1) is 6.92 Å². The molecule has 0 aliphatic carbocycles.